The molecular formula is C22H18ClN3O3S. The number of furan rings is 1. The Labute approximate surface area is 183 Å². The van der Waals surface area contributed by atoms with E-state index in [2.05, 4.69) is 15.5 Å². The average molecular weight is 440 g/mol. The first kappa shape index (κ1) is 20.3. The molecule has 0 bridgehead atoms. The molecule has 1 atom stereocenters. The largest absolute Gasteiger partial charge is 0.497 e. The van der Waals surface area contributed by atoms with Crippen LogP contribution in [0.15, 0.2) is 75.3 Å². The van der Waals surface area contributed by atoms with Gasteiger partial charge in [-0.05, 0) is 60.5 Å². The molecule has 1 saturated heterocycles. The normalized spacial score (nSPS) is 17.6. The van der Waals surface area contributed by atoms with Gasteiger partial charge in [-0.3, -0.25) is 4.79 Å². The SMILES string of the molecule is COc1ccc(CC2S/C(=N/N=Cc3ccc(-c4ccc(Cl)cc4)o3)NC2=O)cc1. The first-order valence-electron chi connectivity index (χ1n) is 9.18. The quantitative estimate of drug-likeness (QED) is 0.443. The zero-order chi connectivity index (χ0) is 20.9. The molecule has 4 rings (SSSR count). The van der Waals surface area contributed by atoms with E-state index in [4.69, 9.17) is 20.8 Å². The number of halogens is 1. The highest BCUT2D eigenvalue weighted by atomic mass is 35.5. The van der Waals surface area contributed by atoms with Gasteiger partial charge in [-0.25, -0.2) is 0 Å². The molecule has 3 aromatic rings. The Hall–Kier alpha value is -3.03. The van der Waals surface area contributed by atoms with Gasteiger partial charge >= 0.3 is 0 Å². The Morgan fingerprint density at radius 3 is 2.63 bits per heavy atom. The Balaban J connectivity index is 1.36. The van der Waals surface area contributed by atoms with Crippen LogP contribution in [-0.2, 0) is 11.2 Å². The van der Waals surface area contributed by atoms with Gasteiger partial charge in [-0.1, -0.05) is 35.5 Å². The predicted molar refractivity (Wildman–Crippen MR) is 120 cm³/mol. The lowest BCUT2D eigenvalue weighted by atomic mass is 10.1. The Morgan fingerprint density at radius 2 is 1.90 bits per heavy atom. The van der Waals surface area contributed by atoms with Crippen LogP contribution in [0, 0.1) is 0 Å². The number of rotatable bonds is 6. The summed E-state index contributed by atoms with van der Waals surface area (Å²) in [4.78, 5) is 12.2. The molecule has 1 N–H and O–H groups in total. The highest BCUT2D eigenvalue weighted by molar-refractivity contribution is 8.15. The van der Waals surface area contributed by atoms with Gasteiger partial charge in [0.2, 0.25) is 5.91 Å². The fourth-order valence-electron chi connectivity index (χ4n) is 2.89. The van der Waals surface area contributed by atoms with E-state index in [1.807, 2.05) is 54.6 Å². The third kappa shape index (κ3) is 4.93. The van der Waals surface area contributed by atoms with Crippen LogP contribution >= 0.6 is 23.4 Å². The maximum Gasteiger partial charge on any atom is 0.239 e. The lowest BCUT2D eigenvalue weighted by molar-refractivity contribution is -0.118. The van der Waals surface area contributed by atoms with Gasteiger partial charge in [0.15, 0.2) is 5.17 Å². The molecule has 1 aliphatic rings. The minimum atomic E-state index is -0.243. The lowest BCUT2D eigenvalue weighted by Crippen LogP contribution is -2.25. The minimum absolute atomic E-state index is 0.0761. The number of carbonyl (C=O) groups is 1. The Bertz CT molecular complexity index is 1090. The zero-order valence-electron chi connectivity index (χ0n) is 16.0. The third-order valence-corrected chi connectivity index (χ3v) is 5.77. The summed E-state index contributed by atoms with van der Waals surface area (Å²) in [5.74, 6) is 1.99. The van der Waals surface area contributed by atoms with E-state index in [9.17, 15) is 4.79 Å². The number of benzene rings is 2. The van der Waals surface area contributed by atoms with Gasteiger partial charge in [0, 0.05) is 10.6 Å². The summed E-state index contributed by atoms with van der Waals surface area (Å²) in [6, 6.07) is 18.7. The van der Waals surface area contributed by atoms with Crippen molar-refractivity contribution in [1.29, 1.82) is 0 Å². The van der Waals surface area contributed by atoms with Crippen molar-refractivity contribution in [2.45, 2.75) is 11.7 Å². The second-order valence-corrected chi connectivity index (χ2v) is 8.13. The van der Waals surface area contributed by atoms with Gasteiger partial charge in [-0.2, -0.15) is 5.10 Å². The van der Waals surface area contributed by atoms with Gasteiger partial charge in [0.25, 0.3) is 0 Å². The molecular weight excluding hydrogens is 422 g/mol. The number of ether oxygens (including phenoxy) is 1. The molecule has 1 amide bonds. The van der Waals surface area contributed by atoms with Crippen LogP contribution < -0.4 is 10.1 Å². The predicted octanol–water partition coefficient (Wildman–Crippen LogP) is 4.77. The van der Waals surface area contributed by atoms with Crippen LogP contribution in [0.1, 0.15) is 11.3 Å². The number of carbonyl (C=O) groups excluding carboxylic acids is 1. The first-order valence-corrected chi connectivity index (χ1v) is 10.4. The fraction of sp³-hybridized carbons (Fsp3) is 0.136. The van der Waals surface area contributed by atoms with E-state index >= 15 is 0 Å². The molecule has 152 valence electrons. The number of thioether (sulfide) groups is 1. The molecule has 0 saturated carbocycles. The van der Waals surface area contributed by atoms with Crippen LogP contribution in [-0.4, -0.2) is 29.6 Å². The standard InChI is InChI=1S/C22H18ClN3O3S/c1-28-17-8-2-14(3-9-17)12-20-21(27)25-22(30-20)26-24-13-18-10-11-19(29-18)15-4-6-16(23)7-5-15/h2-11,13,20H,12H2,1H3,(H,25,26,27). The number of nitrogens with zero attached hydrogens (tertiary/aromatic N) is 2. The number of amidine groups is 1. The molecule has 2 heterocycles. The number of nitrogens with one attached hydrogen (secondary N) is 1. The number of amides is 1. The first-order chi connectivity index (χ1) is 14.6. The molecule has 1 fully saturated rings. The number of hydrogen-bond donors (Lipinski definition) is 1. The summed E-state index contributed by atoms with van der Waals surface area (Å²) < 4.78 is 10.9. The van der Waals surface area contributed by atoms with Crippen molar-refractivity contribution in [1.82, 2.24) is 5.32 Å². The number of hydrogen-bond acceptors (Lipinski definition) is 6. The van der Waals surface area contributed by atoms with E-state index in [1.54, 1.807) is 13.2 Å². The van der Waals surface area contributed by atoms with Gasteiger partial charge < -0.3 is 14.5 Å². The van der Waals surface area contributed by atoms with Crippen LogP contribution in [0.2, 0.25) is 5.02 Å². The number of methoxy groups -OCH3 is 1. The zero-order valence-corrected chi connectivity index (χ0v) is 17.6. The van der Waals surface area contributed by atoms with E-state index in [0.717, 1.165) is 16.9 Å². The van der Waals surface area contributed by atoms with Crippen LogP contribution in [0.5, 0.6) is 5.75 Å². The maximum absolute atomic E-state index is 12.2. The summed E-state index contributed by atoms with van der Waals surface area (Å²) in [5, 5.41) is 11.8. The average Bonchev–Trinajstić information content (AvgIpc) is 3.36. The van der Waals surface area contributed by atoms with Crippen molar-refractivity contribution in [3.63, 3.8) is 0 Å². The third-order valence-electron chi connectivity index (χ3n) is 4.45. The van der Waals surface area contributed by atoms with Gasteiger partial charge in [0.05, 0.1) is 18.6 Å². The molecule has 6 nitrogen and oxygen atoms in total. The molecule has 0 aliphatic carbocycles. The van der Waals surface area contributed by atoms with Crippen molar-refractivity contribution in [2.24, 2.45) is 10.2 Å². The Kier molecular flexibility index (Phi) is 6.21. The second kappa shape index (κ2) is 9.19. The maximum atomic E-state index is 12.2. The minimum Gasteiger partial charge on any atom is -0.497 e. The molecule has 1 aromatic heterocycles. The van der Waals surface area contributed by atoms with Crippen LogP contribution in [0.3, 0.4) is 0 Å². The summed E-state index contributed by atoms with van der Waals surface area (Å²) in [6.07, 6.45) is 2.11. The summed E-state index contributed by atoms with van der Waals surface area (Å²) in [6.45, 7) is 0. The molecule has 0 spiro atoms. The monoisotopic (exact) mass is 439 g/mol. The van der Waals surface area contributed by atoms with Crippen molar-refractivity contribution in [3.8, 4) is 17.1 Å². The smallest absolute Gasteiger partial charge is 0.239 e. The summed E-state index contributed by atoms with van der Waals surface area (Å²) >= 11 is 7.27. The second-order valence-electron chi connectivity index (χ2n) is 6.51. The molecule has 8 heteroatoms. The van der Waals surface area contributed by atoms with Crippen molar-refractivity contribution >= 4 is 40.7 Å². The molecule has 30 heavy (non-hydrogen) atoms. The summed E-state index contributed by atoms with van der Waals surface area (Å²) in [7, 11) is 1.62. The van der Waals surface area contributed by atoms with Crippen molar-refractivity contribution in [2.75, 3.05) is 7.11 Å². The van der Waals surface area contributed by atoms with E-state index in [0.29, 0.717) is 28.1 Å². The van der Waals surface area contributed by atoms with E-state index in [-0.39, 0.29) is 11.2 Å². The van der Waals surface area contributed by atoms with Gasteiger partial charge in [-0.15, -0.1) is 5.10 Å². The van der Waals surface area contributed by atoms with Crippen molar-refractivity contribution in [3.05, 3.63) is 77.0 Å². The van der Waals surface area contributed by atoms with E-state index < -0.39 is 0 Å². The molecule has 0 radical (unpaired) electrons. The lowest BCUT2D eigenvalue weighted by Gasteiger charge is -2.06. The highest BCUT2D eigenvalue weighted by Crippen LogP contribution is 2.25. The van der Waals surface area contributed by atoms with Crippen molar-refractivity contribution < 1.29 is 13.9 Å². The molecule has 1 aliphatic heterocycles. The summed E-state index contributed by atoms with van der Waals surface area (Å²) in [5.41, 5.74) is 1.98. The van der Waals surface area contributed by atoms with Gasteiger partial charge in [0.1, 0.15) is 17.3 Å². The van der Waals surface area contributed by atoms with Crippen LogP contribution in [0.25, 0.3) is 11.3 Å². The fourth-order valence-corrected chi connectivity index (χ4v) is 3.98. The van der Waals surface area contributed by atoms with Crippen LogP contribution in [0.4, 0.5) is 0 Å². The molecule has 1 unspecified atom stereocenters. The Morgan fingerprint density at radius 1 is 1.13 bits per heavy atom. The molecule has 2 aromatic carbocycles. The van der Waals surface area contributed by atoms with E-state index in [1.165, 1.54) is 18.0 Å². The topological polar surface area (TPSA) is 76.2 Å². The highest BCUT2D eigenvalue weighted by Gasteiger charge is 2.30.